The summed E-state index contributed by atoms with van der Waals surface area (Å²) in [6.07, 6.45) is 11.1. The van der Waals surface area contributed by atoms with Gasteiger partial charge < -0.3 is 25.8 Å². The number of piperazine rings is 1. The van der Waals surface area contributed by atoms with Gasteiger partial charge in [-0.3, -0.25) is 29.4 Å². The summed E-state index contributed by atoms with van der Waals surface area (Å²) in [7, 11) is 0. The van der Waals surface area contributed by atoms with Gasteiger partial charge in [0.2, 0.25) is 29.6 Å². The largest absolute Gasteiger partial charge is 0.374 e. The van der Waals surface area contributed by atoms with Gasteiger partial charge in [0.25, 0.3) is 0 Å². The van der Waals surface area contributed by atoms with Crippen LogP contribution in [-0.4, -0.2) is 95.4 Å². The Balaban J connectivity index is 0.754. The number of halogens is 2. The van der Waals surface area contributed by atoms with Crippen LogP contribution in [0.1, 0.15) is 83.5 Å². The van der Waals surface area contributed by atoms with Crippen LogP contribution in [0.5, 0.6) is 0 Å². The van der Waals surface area contributed by atoms with E-state index in [0.717, 1.165) is 96.1 Å². The van der Waals surface area contributed by atoms with Crippen molar-refractivity contribution in [2.45, 2.75) is 108 Å². The van der Waals surface area contributed by atoms with Gasteiger partial charge in [-0.25, -0.2) is 18.7 Å². The Morgan fingerprint density at radius 2 is 1.55 bits per heavy atom. The van der Waals surface area contributed by atoms with Crippen LogP contribution >= 0.6 is 0 Å². The molecule has 1 aromatic heterocycles. The predicted octanol–water partition coefficient (Wildman–Crippen LogP) is 5.38. The fourth-order valence-corrected chi connectivity index (χ4v) is 9.34. The number of piperidine rings is 2. The maximum Gasteiger partial charge on any atom is 0.249 e. The number of imide groups is 1. The highest BCUT2D eigenvalue weighted by molar-refractivity contribution is 6.01. The van der Waals surface area contributed by atoms with Gasteiger partial charge in [0.1, 0.15) is 17.6 Å². The Hall–Kier alpha value is -5.18. The summed E-state index contributed by atoms with van der Waals surface area (Å²) >= 11 is 0. The fourth-order valence-electron chi connectivity index (χ4n) is 9.34. The molecule has 5 fully saturated rings. The normalized spacial score (nSPS) is 25.9. The van der Waals surface area contributed by atoms with Crippen LogP contribution in [0.25, 0.3) is 11.3 Å². The zero-order valence-corrected chi connectivity index (χ0v) is 32.9. The second kappa shape index (κ2) is 17.8. The quantitative estimate of drug-likeness (QED) is 0.197. The van der Waals surface area contributed by atoms with Gasteiger partial charge in [-0.05, 0) is 101 Å². The highest BCUT2D eigenvalue weighted by Crippen LogP contribution is 2.32. The van der Waals surface area contributed by atoms with E-state index in [2.05, 4.69) is 41.0 Å². The van der Waals surface area contributed by atoms with E-state index >= 15 is 4.39 Å². The second-order valence-electron chi connectivity index (χ2n) is 16.5. The molecule has 1 atom stereocenters. The van der Waals surface area contributed by atoms with Crippen molar-refractivity contribution in [2.24, 2.45) is 5.92 Å². The van der Waals surface area contributed by atoms with Crippen molar-refractivity contribution in [3.05, 3.63) is 60.3 Å². The molecule has 0 spiro atoms. The molecular formula is C43H53F2N9O4. The van der Waals surface area contributed by atoms with Gasteiger partial charge in [0.15, 0.2) is 5.82 Å². The molecule has 2 saturated carbocycles. The van der Waals surface area contributed by atoms with Crippen LogP contribution < -0.4 is 31.1 Å². The van der Waals surface area contributed by atoms with Crippen molar-refractivity contribution in [1.82, 2.24) is 25.5 Å². The monoisotopic (exact) mass is 797 g/mol. The van der Waals surface area contributed by atoms with Gasteiger partial charge in [-0.1, -0.05) is 12.1 Å². The van der Waals surface area contributed by atoms with Gasteiger partial charge >= 0.3 is 0 Å². The molecule has 3 saturated heterocycles. The molecule has 308 valence electrons. The topological polar surface area (TPSA) is 152 Å². The molecule has 58 heavy (non-hydrogen) atoms. The van der Waals surface area contributed by atoms with E-state index in [9.17, 15) is 23.6 Å². The molecule has 2 aliphatic carbocycles. The molecule has 5 aliphatic rings. The first-order chi connectivity index (χ1) is 28.2. The van der Waals surface area contributed by atoms with Crippen molar-refractivity contribution in [1.29, 1.82) is 0 Å². The lowest BCUT2D eigenvalue weighted by Gasteiger charge is -2.43. The number of benzene rings is 2. The Labute approximate surface area is 337 Å². The summed E-state index contributed by atoms with van der Waals surface area (Å²) in [6.45, 7) is 3.77. The molecule has 13 nitrogen and oxygen atoms in total. The summed E-state index contributed by atoms with van der Waals surface area (Å²) < 4.78 is 30.2. The molecule has 2 aromatic carbocycles. The standard InChI is InChI=1S/C43H53F2N9O4/c44-34-25-31(47-36-16-18-38(55)50-42(36)58)13-17-37(34)53-22-20-52(21-23-53)32-14-11-29(12-15-32)48-41(57)27-7-9-30(10-8-27)49-43-46-26-35(45)40(51-43)28-4-3-5-33(24-28)54-19-2-1-6-39(54)56/h3-5,13,17,24-27,29-30,32,36,47H,1-2,6-12,14-16,18-23H2,(H,48,57)(H,46,49,51)(H,50,55,58). The van der Waals surface area contributed by atoms with Crippen molar-refractivity contribution < 1.29 is 28.0 Å². The SMILES string of the molecule is O=C1CCC(Nc2ccc(N3CCN(C4CCC(NC(=O)C5CCC(Nc6ncc(F)c(-c7cccc(N8CCCCC8=O)c7)n6)CC5)CC4)CC3)c(F)c2)C(=O)N1. The number of hydrogen-bond donors (Lipinski definition) is 4. The highest BCUT2D eigenvalue weighted by Gasteiger charge is 2.33. The van der Waals surface area contributed by atoms with Crippen LogP contribution in [0, 0.1) is 17.6 Å². The van der Waals surface area contributed by atoms with E-state index in [1.807, 2.05) is 18.2 Å². The molecule has 4 amide bonds. The molecule has 4 heterocycles. The number of carbonyl (C=O) groups is 4. The van der Waals surface area contributed by atoms with E-state index < -0.39 is 11.9 Å². The second-order valence-corrected chi connectivity index (χ2v) is 16.5. The van der Waals surface area contributed by atoms with Gasteiger partial charge in [-0.15, -0.1) is 0 Å². The average molecular weight is 798 g/mol. The van der Waals surface area contributed by atoms with Crippen molar-refractivity contribution in [3.8, 4) is 11.3 Å². The lowest BCUT2D eigenvalue weighted by molar-refractivity contribution is -0.133. The maximum atomic E-state index is 15.2. The Morgan fingerprint density at radius 1 is 0.776 bits per heavy atom. The van der Waals surface area contributed by atoms with Crippen molar-refractivity contribution in [3.63, 3.8) is 0 Å². The minimum absolute atomic E-state index is 0.0449. The number of carbonyl (C=O) groups excluding carboxylic acids is 4. The summed E-state index contributed by atoms with van der Waals surface area (Å²) in [6, 6.07) is 12.4. The Bertz CT molecular complexity index is 1990. The molecule has 0 bridgehead atoms. The molecule has 15 heteroatoms. The lowest BCUT2D eigenvalue weighted by atomic mass is 9.84. The van der Waals surface area contributed by atoms with Gasteiger partial charge in [0.05, 0.1) is 11.9 Å². The van der Waals surface area contributed by atoms with Gasteiger partial charge in [0, 0.05) is 86.5 Å². The first-order valence-electron chi connectivity index (χ1n) is 21.1. The molecule has 8 rings (SSSR count). The van der Waals surface area contributed by atoms with E-state index in [0.29, 0.717) is 48.3 Å². The zero-order valence-electron chi connectivity index (χ0n) is 32.9. The summed E-state index contributed by atoms with van der Waals surface area (Å²) in [5.74, 6) is -1.02. The van der Waals surface area contributed by atoms with Crippen LogP contribution in [0.4, 0.5) is 31.8 Å². The fraction of sp³-hybridized carbons (Fsp3) is 0.535. The van der Waals surface area contributed by atoms with E-state index in [-0.39, 0.29) is 59.6 Å². The smallest absolute Gasteiger partial charge is 0.249 e. The molecule has 0 radical (unpaired) electrons. The summed E-state index contributed by atoms with van der Waals surface area (Å²) in [5, 5.41) is 12.1. The molecule has 1 unspecified atom stereocenters. The van der Waals surface area contributed by atoms with E-state index in [1.165, 1.54) is 12.3 Å². The first-order valence-corrected chi connectivity index (χ1v) is 21.1. The van der Waals surface area contributed by atoms with Crippen molar-refractivity contribution in [2.75, 3.05) is 53.2 Å². The minimum Gasteiger partial charge on any atom is -0.374 e. The lowest BCUT2D eigenvalue weighted by Crippen LogP contribution is -2.52. The third-order valence-electron chi connectivity index (χ3n) is 12.7. The van der Waals surface area contributed by atoms with Crippen molar-refractivity contribution >= 4 is 46.6 Å². The number of amides is 4. The molecule has 4 N–H and O–H groups in total. The van der Waals surface area contributed by atoms with Crippen LogP contribution in [0.2, 0.25) is 0 Å². The van der Waals surface area contributed by atoms with Crippen LogP contribution in [0.15, 0.2) is 48.7 Å². The van der Waals surface area contributed by atoms with Crippen LogP contribution in [-0.2, 0) is 19.2 Å². The summed E-state index contributed by atoms with van der Waals surface area (Å²) in [5.41, 5.74) is 2.59. The number of nitrogens with one attached hydrogen (secondary N) is 4. The number of anilines is 4. The van der Waals surface area contributed by atoms with Crippen LogP contribution in [0.3, 0.4) is 0 Å². The molecule has 3 aromatic rings. The van der Waals surface area contributed by atoms with Gasteiger partial charge in [-0.2, -0.15) is 0 Å². The molecule has 3 aliphatic heterocycles. The van der Waals surface area contributed by atoms with E-state index in [1.54, 1.807) is 23.1 Å². The van der Waals surface area contributed by atoms with E-state index in [4.69, 9.17) is 0 Å². The molecular weight excluding hydrogens is 745 g/mol. The number of nitrogens with zero attached hydrogens (tertiary/aromatic N) is 5. The first kappa shape index (κ1) is 39.6. The zero-order chi connectivity index (χ0) is 40.2. The third-order valence-corrected chi connectivity index (χ3v) is 12.7. The Kier molecular flexibility index (Phi) is 12.1. The highest BCUT2D eigenvalue weighted by atomic mass is 19.1. The predicted molar refractivity (Wildman–Crippen MR) is 217 cm³/mol. The summed E-state index contributed by atoms with van der Waals surface area (Å²) in [4.78, 5) is 64.5. The average Bonchev–Trinajstić information content (AvgIpc) is 3.23. The third kappa shape index (κ3) is 9.24. The number of hydrogen-bond acceptors (Lipinski definition) is 10. The number of rotatable bonds is 10. The minimum atomic E-state index is -0.560. The number of aromatic nitrogens is 2. The Morgan fingerprint density at radius 3 is 2.29 bits per heavy atom. The maximum absolute atomic E-state index is 15.2.